The summed E-state index contributed by atoms with van der Waals surface area (Å²) >= 11 is 0. The third kappa shape index (κ3) is 3.95. The van der Waals surface area contributed by atoms with Crippen LogP contribution in [0.15, 0.2) is 65.2 Å². The summed E-state index contributed by atoms with van der Waals surface area (Å²) in [4.78, 5) is 16.9. The van der Waals surface area contributed by atoms with Crippen LogP contribution in [-0.4, -0.2) is 30.6 Å². The standard InChI is InChI=1S/C20H20N2O3/c1-14(13-24-2)22-19(23)16-10-6-7-11-17(16)20-21-12-18(25-20)15-8-4-3-5-9-15/h3-12,14H,13H2,1-2H3,(H,22,23)/t14-/m0/s1. The third-order valence-corrected chi connectivity index (χ3v) is 3.76. The van der Waals surface area contributed by atoms with Crippen LogP contribution in [0.1, 0.15) is 17.3 Å². The monoisotopic (exact) mass is 336 g/mol. The molecule has 1 amide bonds. The van der Waals surface area contributed by atoms with Crippen LogP contribution in [0.5, 0.6) is 0 Å². The van der Waals surface area contributed by atoms with Crippen LogP contribution in [0, 0.1) is 0 Å². The lowest BCUT2D eigenvalue weighted by atomic mass is 10.1. The number of carbonyl (C=O) groups excluding carboxylic acids is 1. The molecule has 0 saturated carbocycles. The number of amides is 1. The smallest absolute Gasteiger partial charge is 0.252 e. The van der Waals surface area contributed by atoms with Crippen molar-refractivity contribution in [3.05, 3.63) is 66.4 Å². The van der Waals surface area contributed by atoms with E-state index in [0.29, 0.717) is 29.4 Å². The van der Waals surface area contributed by atoms with Gasteiger partial charge in [0.25, 0.3) is 5.91 Å². The summed E-state index contributed by atoms with van der Waals surface area (Å²) < 4.78 is 10.9. The van der Waals surface area contributed by atoms with Crippen molar-refractivity contribution in [1.82, 2.24) is 10.3 Å². The van der Waals surface area contributed by atoms with Crippen molar-refractivity contribution >= 4 is 5.91 Å². The number of hydrogen-bond acceptors (Lipinski definition) is 4. The number of ether oxygens (including phenoxy) is 1. The van der Waals surface area contributed by atoms with Gasteiger partial charge in [0.2, 0.25) is 5.89 Å². The number of nitrogens with one attached hydrogen (secondary N) is 1. The summed E-state index contributed by atoms with van der Waals surface area (Å²) in [6.45, 7) is 2.34. The second-order valence-electron chi connectivity index (χ2n) is 5.77. The van der Waals surface area contributed by atoms with E-state index in [1.165, 1.54) is 0 Å². The van der Waals surface area contributed by atoms with Gasteiger partial charge in [-0.1, -0.05) is 42.5 Å². The Morgan fingerprint density at radius 3 is 2.64 bits per heavy atom. The molecule has 5 heteroatoms. The highest BCUT2D eigenvalue weighted by Gasteiger charge is 2.18. The second kappa shape index (κ2) is 7.77. The average Bonchev–Trinajstić information content (AvgIpc) is 3.12. The van der Waals surface area contributed by atoms with Crippen LogP contribution in [-0.2, 0) is 4.74 Å². The fourth-order valence-electron chi connectivity index (χ4n) is 2.60. The zero-order chi connectivity index (χ0) is 17.6. The molecule has 1 atom stereocenters. The van der Waals surface area contributed by atoms with Gasteiger partial charge in [0, 0.05) is 24.3 Å². The van der Waals surface area contributed by atoms with E-state index in [1.807, 2.05) is 55.5 Å². The van der Waals surface area contributed by atoms with E-state index in [4.69, 9.17) is 9.15 Å². The van der Waals surface area contributed by atoms with E-state index < -0.39 is 0 Å². The molecule has 0 spiro atoms. The van der Waals surface area contributed by atoms with Crippen LogP contribution >= 0.6 is 0 Å². The molecule has 0 fully saturated rings. The fraction of sp³-hybridized carbons (Fsp3) is 0.200. The number of hydrogen-bond donors (Lipinski definition) is 1. The highest BCUT2D eigenvalue weighted by molar-refractivity contribution is 6.00. The Bertz CT molecular complexity index is 843. The maximum absolute atomic E-state index is 12.6. The lowest BCUT2D eigenvalue weighted by molar-refractivity contribution is 0.0906. The predicted octanol–water partition coefficient (Wildman–Crippen LogP) is 3.77. The molecule has 1 aromatic heterocycles. The molecule has 0 radical (unpaired) electrons. The Morgan fingerprint density at radius 1 is 1.16 bits per heavy atom. The molecule has 1 N–H and O–H groups in total. The summed E-state index contributed by atoms with van der Waals surface area (Å²) in [6, 6.07) is 16.9. The molecule has 3 aromatic rings. The molecular formula is C20H20N2O3. The SMILES string of the molecule is COC[C@H](C)NC(=O)c1ccccc1-c1ncc(-c2ccccc2)o1. The van der Waals surface area contributed by atoms with Crippen molar-refractivity contribution in [3.63, 3.8) is 0 Å². The lowest BCUT2D eigenvalue weighted by Crippen LogP contribution is -2.35. The van der Waals surface area contributed by atoms with Crippen molar-refractivity contribution in [1.29, 1.82) is 0 Å². The van der Waals surface area contributed by atoms with Gasteiger partial charge in [-0.15, -0.1) is 0 Å². The Labute approximate surface area is 146 Å². The lowest BCUT2D eigenvalue weighted by Gasteiger charge is -2.14. The molecule has 25 heavy (non-hydrogen) atoms. The molecular weight excluding hydrogens is 316 g/mol. The van der Waals surface area contributed by atoms with Crippen molar-refractivity contribution in [3.8, 4) is 22.8 Å². The van der Waals surface area contributed by atoms with Crippen LogP contribution < -0.4 is 5.32 Å². The first-order chi connectivity index (χ1) is 12.2. The fourth-order valence-corrected chi connectivity index (χ4v) is 2.60. The first kappa shape index (κ1) is 16.9. The van der Waals surface area contributed by atoms with E-state index in [9.17, 15) is 4.79 Å². The second-order valence-corrected chi connectivity index (χ2v) is 5.77. The number of methoxy groups -OCH3 is 1. The first-order valence-electron chi connectivity index (χ1n) is 8.09. The number of carbonyl (C=O) groups is 1. The molecule has 0 aliphatic heterocycles. The van der Waals surface area contributed by atoms with Gasteiger partial charge < -0.3 is 14.5 Å². The Kier molecular flexibility index (Phi) is 5.26. The molecule has 0 bridgehead atoms. The Hall–Kier alpha value is -2.92. The van der Waals surface area contributed by atoms with Crippen LogP contribution in [0.2, 0.25) is 0 Å². The highest BCUT2D eigenvalue weighted by Crippen LogP contribution is 2.28. The quantitative estimate of drug-likeness (QED) is 0.744. The van der Waals surface area contributed by atoms with E-state index in [-0.39, 0.29) is 11.9 Å². The molecule has 0 aliphatic carbocycles. The van der Waals surface area contributed by atoms with Gasteiger partial charge >= 0.3 is 0 Å². The number of aromatic nitrogens is 1. The van der Waals surface area contributed by atoms with Crippen molar-refractivity contribution in [2.45, 2.75) is 13.0 Å². The summed E-state index contributed by atoms with van der Waals surface area (Å²) in [5.74, 6) is 0.905. The number of oxazole rings is 1. The first-order valence-corrected chi connectivity index (χ1v) is 8.09. The zero-order valence-electron chi connectivity index (χ0n) is 14.2. The average molecular weight is 336 g/mol. The van der Waals surface area contributed by atoms with E-state index in [2.05, 4.69) is 10.3 Å². The van der Waals surface area contributed by atoms with Crippen molar-refractivity contribution in [2.75, 3.05) is 13.7 Å². The molecule has 3 rings (SSSR count). The Balaban J connectivity index is 1.89. The predicted molar refractivity (Wildman–Crippen MR) is 96.2 cm³/mol. The number of benzene rings is 2. The summed E-state index contributed by atoms with van der Waals surface area (Å²) in [6.07, 6.45) is 1.67. The minimum absolute atomic E-state index is 0.0880. The van der Waals surface area contributed by atoms with Gasteiger partial charge in [-0.3, -0.25) is 4.79 Å². The largest absolute Gasteiger partial charge is 0.436 e. The molecule has 128 valence electrons. The van der Waals surface area contributed by atoms with Gasteiger partial charge in [0.15, 0.2) is 5.76 Å². The molecule has 2 aromatic carbocycles. The number of rotatable bonds is 6. The maximum Gasteiger partial charge on any atom is 0.252 e. The topological polar surface area (TPSA) is 64.4 Å². The van der Waals surface area contributed by atoms with Crippen LogP contribution in [0.25, 0.3) is 22.8 Å². The van der Waals surface area contributed by atoms with Gasteiger partial charge in [0.1, 0.15) is 0 Å². The zero-order valence-corrected chi connectivity index (χ0v) is 14.2. The minimum atomic E-state index is -0.181. The van der Waals surface area contributed by atoms with Crippen LogP contribution in [0.3, 0.4) is 0 Å². The molecule has 5 nitrogen and oxygen atoms in total. The third-order valence-electron chi connectivity index (χ3n) is 3.76. The maximum atomic E-state index is 12.6. The van der Waals surface area contributed by atoms with E-state index in [0.717, 1.165) is 5.56 Å². The number of nitrogens with zero attached hydrogens (tertiary/aromatic N) is 1. The molecule has 0 unspecified atom stereocenters. The van der Waals surface area contributed by atoms with Crippen molar-refractivity contribution < 1.29 is 13.9 Å². The molecule has 0 aliphatic rings. The van der Waals surface area contributed by atoms with Crippen LogP contribution in [0.4, 0.5) is 0 Å². The normalized spacial score (nSPS) is 11.9. The summed E-state index contributed by atoms with van der Waals surface area (Å²) in [5.41, 5.74) is 2.12. The summed E-state index contributed by atoms with van der Waals surface area (Å²) in [5, 5.41) is 2.91. The molecule has 0 saturated heterocycles. The van der Waals surface area contributed by atoms with Gasteiger partial charge in [0.05, 0.1) is 18.4 Å². The molecule has 1 heterocycles. The van der Waals surface area contributed by atoms with Gasteiger partial charge in [-0.05, 0) is 19.1 Å². The van der Waals surface area contributed by atoms with E-state index in [1.54, 1.807) is 19.4 Å². The Morgan fingerprint density at radius 2 is 1.88 bits per heavy atom. The van der Waals surface area contributed by atoms with Gasteiger partial charge in [-0.25, -0.2) is 4.98 Å². The summed E-state index contributed by atoms with van der Waals surface area (Å²) in [7, 11) is 1.61. The van der Waals surface area contributed by atoms with E-state index >= 15 is 0 Å². The van der Waals surface area contributed by atoms with Gasteiger partial charge in [-0.2, -0.15) is 0 Å². The minimum Gasteiger partial charge on any atom is -0.436 e. The van der Waals surface area contributed by atoms with Crippen molar-refractivity contribution in [2.24, 2.45) is 0 Å². The highest BCUT2D eigenvalue weighted by atomic mass is 16.5.